The van der Waals surface area contributed by atoms with Crippen LogP contribution < -0.4 is 14.7 Å². The van der Waals surface area contributed by atoms with Crippen LogP contribution in [0, 0.1) is 6.92 Å². The normalized spacial score (nSPS) is 11.5. The van der Waals surface area contributed by atoms with E-state index in [-0.39, 0.29) is 0 Å². The fraction of sp³-hybridized carbons (Fsp3) is 0.600. The van der Waals surface area contributed by atoms with Gasteiger partial charge in [0.2, 0.25) is 0 Å². The third-order valence-corrected chi connectivity index (χ3v) is 6.11. The highest BCUT2D eigenvalue weighted by Gasteiger charge is 2.46. The van der Waals surface area contributed by atoms with Crippen LogP contribution in [-0.4, -0.2) is 42.8 Å². The molecule has 0 atom stereocenters. The standard InChI is InChI=1S/C15H26O5Si/c1-7-18-21(19-8-2,20-9-3)13-11-10-12(4)14(16-5)15(13)17-6/h10-11H,7-9H2,1-6H3. The van der Waals surface area contributed by atoms with Gasteiger partial charge >= 0.3 is 8.80 Å². The topological polar surface area (TPSA) is 46.2 Å². The van der Waals surface area contributed by atoms with Gasteiger partial charge in [-0.3, -0.25) is 0 Å². The number of benzene rings is 1. The summed E-state index contributed by atoms with van der Waals surface area (Å²) in [6, 6.07) is 3.92. The molecule has 0 aliphatic carbocycles. The molecule has 6 heteroatoms. The van der Waals surface area contributed by atoms with Crippen molar-refractivity contribution in [3.8, 4) is 11.5 Å². The van der Waals surface area contributed by atoms with E-state index in [9.17, 15) is 0 Å². The van der Waals surface area contributed by atoms with Crippen molar-refractivity contribution in [2.75, 3.05) is 34.0 Å². The largest absolute Gasteiger partial charge is 0.541 e. The lowest BCUT2D eigenvalue weighted by molar-refractivity contribution is 0.0852. The predicted molar refractivity (Wildman–Crippen MR) is 84.5 cm³/mol. The summed E-state index contributed by atoms with van der Waals surface area (Å²) in [7, 11) is 0.227. The van der Waals surface area contributed by atoms with Crippen molar-refractivity contribution in [2.45, 2.75) is 27.7 Å². The minimum absolute atomic E-state index is 0.506. The fourth-order valence-electron chi connectivity index (χ4n) is 2.29. The smallest absolute Gasteiger partial charge is 0.493 e. The molecule has 0 fully saturated rings. The first-order chi connectivity index (χ1) is 10.1. The average molecular weight is 314 g/mol. The average Bonchev–Trinajstić information content (AvgIpc) is 2.47. The molecule has 120 valence electrons. The van der Waals surface area contributed by atoms with Crippen LogP contribution in [0.1, 0.15) is 26.3 Å². The zero-order valence-corrected chi connectivity index (χ0v) is 14.8. The Morgan fingerprint density at radius 1 is 0.810 bits per heavy atom. The van der Waals surface area contributed by atoms with Crippen LogP contribution in [0.3, 0.4) is 0 Å². The molecule has 0 spiro atoms. The molecule has 1 rings (SSSR count). The summed E-state index contributed by atoms with van der Waals surface area (Å²) in [5, 5.41) is 0.804. The first-order valence-corrected chi connectivity index (χ1v) is 8.96. The van der Waals surface area contributed by atoms with Crippen molar-refractivity contribution >= 4 is 14.0 Å². The number of methoxy groups -OCH3 is 2. The van der Waals surface area contributed by atoms with E-state index < -0.39 is 8.80 Å². The Morgan fingerprint density at radius 2 is 1.29 bits per heavy atom. The molecule has 1 aromatic carbocycles. The van der Waals surface area contributed by atoms with Crippen molar-refractivity contribution in [1.82, 2.24) is 0 Å². The first kappa shape index (κ1) is 18.0. The predicted octanol–water partition coefficient (Wildman–Crippen LogP) is 2.27. The molecule has 0 N–H and O–H groups in total. The quantitative estimate of drug-likeness (QED) is 0.654. The van der Waals surface area contributed by atoms with E-state index in [1.165, 1.54) is 0 Å². The number of hydrogen-bond donors (Lipinski definition) is 0. The second-order valence-electron chi connectivity index (χ2n) is 4.35. The van der Waals surface area contributed by atoms with Crippen molar-refractivity contribution in [3.05, 3.63) is 17.7 Å². The molecule has 0 saturated heterocycles. The van der Waals surface area contributed by atoms with Crippen LogP contribution in [0.25, 0.3) is 0 Å². The van der Waals surface area contributed by atoms with Crippen LogP contribution in [-0.2, 0) is 13.3 Å². The minimum atomic E-state index is -3.01. The molecule has 0 unspecified atom stereocenters. The summed E-state index contributed by atoms with van der Waals surface area (Å²) in [6.07, 6.45) is 0. The number of ether oxygens (including phenoxy) is 2. The van der Waals surface area contributed by atoms with Gasteiger partial charge in [0.05, 0.1) is 19.4 Å². The van der Waals surface area contributed by atoms with E-state index in [1.807, 2.05) is 39.8 Å². The third kappa shape index (κ3) is 3.77. The van der Waals surface area contributed by atoms with Crippen LogP contribution in [0.5, 0.6) is 11.5 Å². The molecule has 0 amide bonds. The van der Waals surface area contributed by atoms with Crippen LogP contribution in [0.4, 0.5) is 0 Å². The Kier molecular flexibility index (Phi) is 7.17. The number of rotatable bonds is 9. The van der Waals surface area contributed by atoms with E-state index in [0.717, 1.165) is 10.8 Å². The third-order valence-electron chi connectivity index (χ3n) is 3.05. The van der Waals surface area contributed by atoms with Crippen molar-refractivity contribution in [1.29, 1.82) is 0 Å². The van der Waals surface area contributed by atoms with Gasteiger partial charge in [-0.15, -0.1) is 0 Å². The summed E-state index contributed by atoms with van der Waals surface area (Å²) in [4.78, 5) is 0. The van der Waals surface area contributed by atoms with Gasteiger partial charge in [-0.1, -0.05) is 12.1 Å². The lowest BCUT2D eigenvalue weighted by Crippen LogP contribution is -2.57. The molecule has 0 radical (unpaired) electrons. The van der Waals surface area contributed by atoms with Gasteiger partial charge in [0.1, 0.15) is 0 Å². The molecular formula is C15H26O5Si. The molecular weight excluding hydrogens is 288 g/mol. The number of hydrogen-bond acceptors (Lipinski definition) is 5. The highest BCUT2D eigenvalue weighted by Crippen LogP contribution is 2.31. The van der Waals surface area contributed by atoms with E-state index in [2.05, 4.69) is 0 Å². The monoisotopic (exact) mass is 314 g/mol. The van der Waals surface area contributed by atoms with E-state index in [4.69, 9.17) is 22.8 Å². The SMILES string of the molecule is CCO[Si](OCC)(OCC)c1ccc(C)c(OC)c1OC. The number of aryl methyl sites for hydroxylation is 1. The Morgan fingerprint density at radius 3 is 1.67 bits per heavy atom. The molecule has 21 heavy (non-hydrogen) atoms. The molecule has 0 aliphatic heterocycles. The van der Waals surface area contributed by atoms with Gasteiger partial charge in [0, 0.05) is 19.8 Å². The molecule has 1 aromatic rings. The maximum absolute atomic E-state index is 5.94. The summed E-state index contributed by atoms with van der Waals surface area (Å²) in [5.74, 6) is 1.31. The Bertz CT molecular complexity index is 433. The lowest BCUT2D eigenvalue weighted by Gasteiger charge is -2.30. The Hall–Kier alpha value is -1.08. The van der Waals surface area contributed by atoms with Gasteiger partial charge < -0.3 is 22.8 Å². The fourth-order valence-corrected chi connectivity index (χ4v) is 4.92. The second-order valence-corrected chi connectivity index (χ2v) is 6.87. The Balaban J connectivity index is 3.48. The maximum Gasteiger partial charge on any atom is 0.541 e. The van der Waals surface area contributed by atoms with Gasteiger partial charge in [0.15, 0.2) is 11.5 Å². The lowest BCUT2D eigenvalue weighted by atomic mass is 10.2. The molecule has 0 bridgehead atoms. The van der Waals surface area contributed by atoms with Crippen molar-refractivity contribution < 1.29 is 22.8 Å². The molecule has 0 aliphatic rings. The highest BCUT2D eigenvalue weighted by molar-refractivity contribution is 6.76. The van der Waals surface area contributed by atoms with E-state index in [0.29, 0.717) is 31.3 Å². The molecule has 5 nitrogen and oxygen atoms in total. The highest BCUT2D eigenvalue weighted by atomic mass is 28.4. The summed E-state index contributed by atoms with van der Waals surface area (Å²) in [5.41, 5.74) is 0.991. The Labute approximate surface area is 128 Å². The van der Waals surface area contributed by atoms with Gasteiger partial charge in [-0.05, 0) is 33.3 Å². The summed E-state index contributed by atoms with van der Waals surface area (Å²) in [6.45, 7) is 9.27. The van der Waals surface area contributed by atoms with Crippen molar-refractivity contribution in [2.24, 2.45) is 0 Å². The van der Waals surface area contributed by atoms with E-state index >= 15 is 0 Å². The van der Waals surface area contributed by atoms with Crippen LogP contribution in [0.2, 0.25) is 0 Å². The summed E-state index contributed by atoms with van der Waals surface area (Å²) < 4.78 is 28.8. The maximum atomic E-state index is 5.94. The first-order valence-electron chi connectivity index (χ1n) is 7.24. The van der Waals surface area contributed by atoms with E-state index in [1.54, 1.807) is 14.2 Å². The van der Waals surface area contributed by atoms with Gasteiger partial charge in [-0.25, -0.2) is 0 Å². The zero-order valence-electron chi connectivity index (χ0n) is 13.8. The van der Waals surface area contributed by atoms with Crippen LogP contribution in [0.15, 0.2) is 12.1 Å². The summed E-state index contributed by atoms with van der Waals surface area (Å²) >= 11 is 0. The minimum Gasteiger partial charge on any atom is -0.493 e. The van der Waals surface area contributed by atoms with Crippen LogP contribution >= 0.6 is 0 Å². The van der Waals surface area contributed by atoms with Gasteiger partial charge in [0.25, 0.3) is 0 Å². The second kappa shape index (κ2) is 8.38. The molecule has 0 aromatic heterocycles. The molecule has 0 heterocycles. The van der Waals surface area contributed by atoms with Crippen molar-refractivity contribution in [3.63, 3.8) is 0 Å². The molecule has 0 saturated carbocycles. The zero-order chi connectivity index (χ0) is 15.9. The van der Waals surface area contributed by atoms with Gasteiger partial charge in [-0.2, -0.15) is 0 Å².